The van der Waals surface area contributed by atoms with Gasteiger partial charge in [0.1, 0.15) is 5.56 Å². The van der Waals surface area contributed by atoms with Crippen molar-refractivity contribution in [3.8, 4) is 0 Å². The fourth-order valence-electron chi connectivity index (χ4n) is 1.18. The summed E-state index contributed by atoms with van der Waals surface area (Å²) in [6.07, 6.45) is 1.84. The average Bonchev–Trinajstić information content (AvgIpc) is 2.28. The van der Waals surface area contributed by atoms with E-state index in [1.165, 1.54) is 12.3 Å². The first-order valence-corrected chi connectivity index (χ1v) is 5.23. The normalized spacial score (nSPS) is 10.0. The summed E-state index contributed by atoms with van der Waals surface area (Å²) in [7, 11) is 0. The van der Waals surface area contributed by atoms with E-state index in [1.54, 1.807) is 0 Å². The van der Waals surface area contributed by atoms with Gasteiger partial charge < -0.3 is 11.1 Å². The number of carbonyl (C=O) groups is 1. The Balaban J connectivity index is 2.93. The van der Waals surface area contributed by atoms with Gasteiger partial charge in [-0.25, -0.2) is 4.98 Å². The third kappa shape index (κ3) is 3.36. The van der Waals surface area contributed by atoms with Crippen LogP contribution in [0.15, 0.2) is 12.3 Å². The Morgan fingerprint density at radius 2 is 2.35 bits per heavy atom. The van der Waals surface area contributed by atoms with Gasteiger partial charge in [-0.3, -0.25) is 14.9 Å². The van der Waals surface area contributed by atoms with Crippen LogP contribution in [0.2, 0.25) is 5.15 Å². The molecule has 3 N–H and O–H groups in total. The standard InChI is InChI=1S/C9H11ClN4O3/c10-8-7(14(16)17)6(2-5-12-8)9(15)13-4-1-3-11/h2,5H,1,3-4,11H2,(H,13,15). The van der Waals surface area contributed by atoms with Crippen LogP contribution in [0.25, 0.3) is 0 Å². The van der Waals surface area contributed by atoms with Gasteiger partial charge in [0, 0.05) is 12.7 Å². The lowest BCUT2D eigenvalue weighted by molar-refractivity contribution is -0.385. The zero-order valence-electron chi connectivity index (χ0n) is 8.85. The van der Waals surface area contributed by atoms with E-state index in [9.17, 15) is 14.9 Å². The molecule has 0 radical (unpaired) electrons. The molecule has 0 saturated heterocycles. The second kappa shape index (κ2) is 6.12. The monoisotopic (exact) mass is 258 g/mol. The van der Waals surface area contributed by atoms with Crippen molar-refractivity contribution in [1.82, 2.24) is 10.3 Å². The largest absolute Gasteiger partial charge is 0.352 e. The topological polar surface area (TPSA) is 111 Å². The summed E-state index contributed by atoms with van der Waals surface area (Å²) in [4.78, 5) is 25.2. The molecule has 1 heterocycles. The Bertz CT molecular complexity index is 438. The second-order valence-corrected chi connectivity index (χ2v) is 3.51. The first-order chi connectivity index (χ1) is 8.07. The minimum Gasteiger partial charge on any atom is -0.352 e. The number of amides is 1. The number of nitrogens with one attached hydrogen (secondary N) is 1. The number of rotatable bonds is 5. The molecule has 0 unspecified atom stereocenters. The summed E-state index contributed by atoms with van der Waals surface area (Å²) in [5, 5.41) is 13.0. The Labute approximate surface area is 102 Å². The highest BCUT2D eigenvalue weighted by Gasteiger charge is 2.24. The molecule has 0 saturated carbocycles. The molecule has 0 fully saturated rings. The van der Waals surface area contributed by atoms with Gasteiger partial charge >= 0.3 is 5.69 Å². The molecule has 0 aliphatic heterocycles. The van der Waals surface area contributed by atoms with E-state index in [0.29, 0.717) is 19.5 Å². The molecule has 17 heavy (non-hydrogen) atoms. The first kappa shape index (κ1) is 13.3. The molecule has 0 aliphatic carbocycles. The quantitative estimate of drug-likeness (QED) is 0.350. The maximum absolute atomic E-state index is 11.7. The van der Waals surface area contributed by atoms with E-state index < -0.39 is 16.5 Å². The van der Waals surface area contributed by atoms with Crippen LogP contribution in [0, 0.1) is 10.1 Å². The van der Waals surface area contributed by atoms with E-state index in [-0.39, 0.29) is 10.7 Å². The SMILES string of the molecule is NCCCNC(=O)c1ccnc(Cl)c1[N+](=O)[O-]. The van der Waals surface area contributed by atoms with Crippen LogP contribution in [0.3, 0.4) is 0 Å². The number of halogens is 1. The van der Waals surface area contributed by atoms with Crippen molar-refractivity contribution in [2.45, 2.75) is 6.42 Å². The van der Waals surface area contributed by atoms with Crippen molar-refractivity contribution < 1.29 is 9.72 Å². The van der Waals surface area contributed by atoms with Crippen LogP contribution in [-0.2, 0) is 0 Å². The van der Waals surface area contributed by atoms with Crippen molar-refractivity contribution in [2.24, 2.45) is 5.73 Å². The van der Waals surface area contributed by atoms with E-state index >= 15 is 0 Å². The second-order valence-electron chi connectivity index (χ2n) is 3.15. The number of nitrogens with zero attached hydrogens (tertiary/aromatic N) is 2. The molecule has 92 valence electrons. The fourth-order valence-corrected chi connectivity index (χ4v) is 1.41. The summed E-state index contributed by atoms with van der Waals surface area (Å²) in [5.74, 6) is -0.561. The summed E-state index contributed by atoms with van der Waals surface area (Å²) >= 11 is 5.58. The lowest BCUT2D eigenvalue weighted by Gasteiger charge is -2.05. The molecule has 1 rings (SSSR count). The molecule has 1 aromatic rings. The van der Waals surface area contributed by atoms with Gasteiger partial charge in [-0.1, -0.05) is 11.6 Å². The number of nitrogens with two attached hydrogens (primary N) is 1. The zero-order valence-corrected chi connectivity index (χ0v) is 9.61. The number of carbonyl (C=O) groups excluding carboxylic acids is 1. The molecule has 7 nitrogen and oxygen atoms in total. The Hall–Kier alpha value is -1.73. The van der Waals surface area contributed by atoms with Crippen molar-refractivity contribution >= 4 is 23.2 Å². The number of pyridine rings is 1. The zero-order chi connectivity index (χ0) is 12.8. The smallest absolute Gasteiger partial charge is 0.319 e. The van der Waals surface area contributed by atoms with Crippen molar-refractivity contribution in [3.05, 3.63) is 33.1 Å². The maximum Gasteiger partial charge on any atom is 0.319 e. The van der Waals surface area contributed by atoms with Gasteiger partial charge in [-0.05, 0) is 19.0 Å². The highest BCUT2D eigenvalue weighted by molar-refractivity contribution is 6.32. The summed E-state index contributed by atoms with van der Waals surface area (Å²) < 4.78 is 0. The third-order valence-corrected chi connectivity index (χ3v) is 2.25. The lowest BCUT2D eigenvalue weighted by atomic mass is 10.2. The van der Waals surface area contributed by atoms with Crippen LogP contribution in [-0.4, -0.2) is 28.9 Å². The van der Waals surface area contributed by atoms with Crippen LogP contribution in [0.1, 0.15) is 16.8 Å². The summed E-state index contributed by atoms with van der Waals surface area (Å²) in [6.45, 7) is 0.784. The molecular weight excluding hydrogens is 248 g/mol. The Kier molecular flexibility index (Phi) is 4.80. The molecule has 0 aliphatic rings. The molecule has 0 aromatic carbocycles. The first-order valence-electron chi connectivity index (χ1n) is 4.85. The van der Waals surface area contributed by atoms with E-state index in [4.69, 9.17) is 17.3 Å². The van der Waals surface area contributed by atoms with Crippen LogP contribution in [0.5, 0.6) is 0 Å². The van der Waals surface area contributed by atoms with E-state index in [2.05, 4.69) is 10.3 Å². The minimum atomic E-state index is -0.729. The van der Waals surface area contributed by atoms with Crippen LogP contribution >= 0.6 is 11.6 Å². The molecule has 8 heteroatoms. The van der Waals surface area contributed by atoms with Gasteiger partial charge in [0.15, 0.2) is 0 Å². The molecule has 1 aromatic heterocycles. The van der Waals surface area contributed by atoms with Gasteiger partial charge in [-0.15, -0.1) is 0 Å². The number of hydrogen-bond donors (Lipinski definition) is 2. The Morgan fingerprint density at radius 1 is 1.65 bits per heavy atom. The number of hydrogen-bond acceptors (Lipinski definition) is 5. The average molecular weight is 259 g/mol. The number of nitro groups is 1. The van der Waals surface area contributed by atoms with Crippen molar-refractivity contribution in [3.63, 3.8) is 0 Å². The van der Waals surface area contributed by atoms with Crippen molar-refractivity contribution in [1.29, 1.82) is 0 Å². The van der Waals surface area contributed by atoms with Crippen LogP contribution < -0.4 is 11.1 Å². The van der Waals surface area contributed by atoms with Gasteiger partial charge in [0.2, 0.25) is 5.15 Å². The number of aromatic nitrogens is 1. The van der Waals surface area contributed by atoms with Crippen molar-refractivity contribution in [2.75, 3.05) is 13.1 Å². The highest BCUT2D eigenvalue weighted by atomic mass is 35.5. The minimum absolute atomic E-state index is 0.105. The molecular formula is C9H11ClN4O3. The summed E-state index contributed by atoms with van der Waals surface area (Å²) in [5.41, 5.74) is 4.67. The molecule has 1 amide bonds. The Morgan fingerprint density at radius 3 is 2.94 bits per heavy atom. The van der Waals surface area contributed by atoms with Gasteiger partial charge in [0.25, 0.3) is 5.91 Å². The third-order valence-electron chi connectivity index (χ3n) is 1.97. The van der Waals surface area contributed by atoms with Gasteiger partial charge in [-0.2, -0.15) is 0 Å². The van der Waals surface area contributed by atoms with Crippen LogP contribution in [0.4, 0.5) is 5.69 Å². The molecule has 0 atom stereocenters. The van der Waals surface area contributed by atoms with E-state index in [1.807, 2.05) is 0 Å². The predicted octanol–water partition coefficient (Wildman–Crippen LogP) is 0.722. The maximum atomic E-state index is 11.7. The van der Waals surface area contributed by atoms with Gasteiger partial charge in [0.05, 0.1) is 4.92 Å². The summed E-state index contributed by atoms with van der Waals surface area (Å²) in [6, 6.07) is 1.25. The molecule has 0 spiro atoms. The molecule has 0 bridgehead atoms. The van der Waals surface area contributed by atoms with E-state index in [0.717, 1.165) is 0 Å². The highest BCUT2D eigenvalue weighted by Crippen LogP contribution is 2.25. The fraction of sp³-hybridized carbons (Fsp3) is 0.333. The predicted molar refractivity (Wildman–Crippen MR) is 61.9 cm³/mol. The lowest BCUT2D eigenvalue weighted by Crippen LogP contribution is -2.26.